The third-order valence-electron chi connectivity index (χ3n) is 7.70. The smallest absolute Gasteiger partial charge is 0.366 e. The van der Waals surface area contributed by atoms with Crippen molar-refractivity contribution in [1.82, 2.24) is 20.0 Å². The van der Waals surface area contributed by atoms with E-state index in [4.69, 9.17) is 10.8 Å². The predicted octanol–water partition coefficient (Wildman–Crippen LogP) is 5.25. The molecule has 3 aromatic carbocycles. The molecule has 6 rings (SSSR count). The van der Waals surface area contributed by atoms with Gasteiger partial charge in [0.1, 0.15) is 5.69 Å². The van der Waals surface area contributed by atoms with Crippen molar-refractivity contribution < 1.29 is 31.9 Å². The Morgan fingerprint density at radius 1 is 0.930 bits per heavy atom. The molecule has 0 atom stereocenters. The second kappa shape index (κ2) is 10.4. The van der Waals surface area contributed by atoms with E-state index in [-0.39, 0.29) is 36.3 Å². The van der Waals surface area contributed by atoms with Gasteiger partial charge in [-0.25, -0.2) is 4.39 Å². The Hall–Kier alpha value is -5.00. The zero-order valence-corrected chi connectivity index (χ0v) is 22.6. The minimum Gasteiger partial charge on any atom is -0.366 e. The summed E-state index contributed by atoms with van der Waals surface area (Å²) in [5.41, 5.74) is 7.72. The van der Waals surface area contributed by atoms with Crippen LogP contribution in [0.25, 0.3) is 33.3 Å². The summed E-state index contributed by atoms with van der Waals surface area (Å²) in [6.45, 7) is 3.18. The van der Waals surface area contributed by atoms with E-state index >= 15 is 0 Å². The van der Waals surface area contributed by atoms with E-state index in [0.717, 1.165) is 25.0 Å². The number of likely N-dealkylation sites (tertiary alicyclic amines) is 1. The Balaban J connectivity index is 1.51. The first-order valence-electron chi connectivity index (χ1n) is 13.5. The number of hydrogen-bond acceptors (Lipinski definition) is 4. The molecule has 3 N–H and O–H groups in total. The van der Waals surface area contributed by atoms with E-state index in [0.29, 0.717) is 33.2 Å². The third-order valence-corrected chi connectivity index (χ3v) is 7.70. The average molecular weight is 592 g/mol. The highest BCUT2D eigenvalue weighted by molar-refractivity contribution is 6.13. The first-order valence-corrected chi connectivity index (χ1v) is 13.5. The van der Waals surface area contributed by atoms with Crippen molar-refractivity contribution in [2.75, 3.05) is 13.1 Å². The van der Waals surface area contributed by atoms with Crippen molar-refractivity contribution >= 4 is 28.6 Å². The number of nitrogens with two attached hydrogens (primary N) is 1. The van der Waals surface area contributed by atoms with Gasteiger partial charge in [0.15, 0.2) is 5.83 Å². The Labute approximate surface area is 242 Å². The van der Waals surface area contributed by atoms with Crippen LogP contribution in [0.1, 0.15) is 45.2 Å². The number of rotatable bonds is 7. The van der Waals surface area contributed by atoms with Crippen LogP contribution in [0.2, 0.25) is 0 Å². The molecule has 0 radical (unpaired) electrons. The zero-order valence-electron chi connectivity index (χ0n) is 22.6. The zero-order chi connectivity index (χ0) is 30.6. The van der Waals surface area contributed by atoms with Gasteiger partial charge < -0.3 is 16.0 Å². The molecule has 2 fully saturated rings. The molecule has 8 nitrogen and oxygen atoms in total. The summed E-state index contributed by atoms with van der Waals surface area (Å²) < 4.78 is 55.0. The molecule has 3 amide bonds. The summed E-state index contributed by atoms with van der Waals surface area (Å²) in [5.74, 6) is -2.92. The number of carbonyl (C=O) groups excluding carboxylic acids is 3. The monoisotopic (exact) mass is 591 g/mol. The van der Waals surface area contributed by atoms with Crippen LogP contribution in [0.5, 0.6) is 0 Å². The fourth-order valence-corrected chi connectivity index (χ4v) is 5.24. The fourth-order valence-electron chi connectivity index (χ4n) is 5.24. The van der Waals surface area contributed by atoms with Crippen molar-refractivity contribution in [3.8, 4) is 22.4 Å². The summed E-state index contributed by atoms with van der Waals surface area (Å²) in [6, 6.07) is 14.2. The van der Waals surface area contributed by atoms with Gasteiger partial charge in [0, 0.05) is 35.6 Å². The summed E-state index contributed by atoms with van der Waals surface area (Å²) >= 11 is 0. The van der Waals surface area contributed by atoms with Gasteiger partial charge in [-0.1, -0.05) is 36.9 Å². The lowest BCUT2D eigenvalue weighted by molar-refractivity contribution is -0.137. The lowest BCUT2D eigenvalue weighted by Gasteiger charge is -2.39. The Morgan fingerprint density at radius 2 is 1.56 bits per heavy atom. The van der Waals surface area contributed by atoms with E-state index in [1.54, 1.807) is 30.3 Å². The molecule has 0 unspecified atom stereocenters. The minimum atomic E-state index is -4.54. The van der Waals surface area contributed by atoms with E-state index in [2.05, 4.69) is 11.9 Å². The van der Waals surface area contributed by atoms with E-state index in [1.807, 2.05) is 0 Å². The van der Waals surface area contributed by atoms with Crippen molar-refractivity contribution in [1.29, 1.82) is 0 Å². The average Bonchev–Trinajstić information content (AvgIpc) is 3.68. The Morgan fingerprint density at radius 3 is 2.12 bits per heavy atom. The summed E-state index contributed by atoms with van der Waals surface area (Å²) in [5, 5.41) is 8.12. The topological polar surface area (TPSA) is 110 Å². The number of fused-ring (bicyclic) bond motifs is 1. The van der Waals surface area contributed by atoms with Crippen LogP contribution in [0.15, 0.2) is 73.1 Å². The van der Waals surface area contributed by atoms with Crippen LogP contribution in [0.4, 0.5) is 17.6 Å². The normalized spacial score (nSPS) is 15.3. The Bertz CT molecular complexity index is 1790. The molecule has 1 saturated heterocycles. The number of nitrogens with one attached hydrogen (secondary N) is 1. The summed E-state index contributed by atoms with van der Waals surface area (Å²) in [6.07, 6.45) is -2.65. The molecule has 220 valence electrons. The van der Waals surface area contributed by atoms with Crippen LogP contribution < -0.4 is 11.1 Å². The molecule has 2 heterocycles. The Kier molecular flexibility index (Phi) is 6.79. The van der Waals surface area contributed by atoms with Crippen LogP contribution >= 0.6 is 0 Å². The highest BCUT2D eigenvalue weighted by Crippen LogP contribution is 2.41. The first-order chi connectivity index (χ1) is 20.4. The van der Waals surface area contributed by atoms with Crippen LogP contribution in [-0.4, -0.2) is 51.5 Å². The van der Waals surface area contributed by atoms with Gasteiger partial charge in [-0.05, 0) is 54.3 Å². The van der Waals surface area contributed by atoms with Crippen molar-refractivity contribution in [2.45, 2.75) is 31.1 Å². The molecule has 1 aliphatic carbocycles. The number of carbonyl (C=O) groups is 3. The van der Waals surface area contributed by atoms with Gasteiger partial charge in [0.05, 0.1) is 22.7 Å². The highest BCUT2D eigenvalue weighted by Gasteiger charge is 2.37. The van der Waals surface area contributed by atoms with Gasteiger partial charge in [0.2, 0.25) is 0 Å². The van der Waals surface area contributed by atoms with Crippen molar-refractivity contribution in [2.24, 2.45) is 5.73 Å². The van der Waals surface area contributed by atoms with Crippen molar-refractivity contribution in [3.63, 3.8) is 0 Å². The number of nitrogens with zero attached hydrogens (tertiary/aromatic N) is 3. The number of hydrogen-bond donors (Lipinski definition) is 2. The lowest BCUT2D eigenvalue weighted by atomic mass is 9.94. The molecule has 0 spiro atoms. The quantitative estimate of drug-likeness (QED) is 0.226. The maximum Gasteiger partial charge on any atom is 0.416 e. The fraction of sp³-hybridized carbons (Fsp3) is 0.226. The van der Waals surface area contributed by atoms with E-state index in [1.165, 1.54) is 27.8 Å². The number of alkyl halides is 3. The second-order valence-electron chi connectivity index (χ2n) is 10.7. The highest BCUT2D eigenvalue weighted by atomic mass is 19.4. The van der Waals surface area contributed by atoms with Gasteiger partial charge in [0.25, 0.3) is 17.7 Å². The molecule has 1 aromatic heterocycles. The van der Waals surface area contributed by atoms with Crippen molar-refractivity contribution in [3.05, 3.63) is 89.8 Å². The largest absolute Gasteiger partial charge is 0.416 e. The minimum absolute atomic E-state index is 0.0677. The van der Waals surface area contributed by atoms with Gasteiger partial charge in [-0.2, -0.15) is 18.3 Å². The summed E-state index contributed by atoms with van der Waals surface area (Å²) in [4.78, 5) is 38.5. The number of benzene rings is 3. The maximum atomic E-state index is 13.5. The van der Waals surface area contributed by atoms with Crippen LogP contribution in [-0.2, 0) is 11.0 Å². The molecule has 1 aliphatic heterocycles. The molecule has 1 saturated carbocycles. The molecule has 2 aliphatic rings. The van der Waals surface area contributed by atoms with Gasteiger partial charge in [-0.15, -0.1) is 0 Å². The van der Waals surface area contributed by atoms with Gasteiger partial charge in [-0.3, -0.25) is 19.1 Å². The van der Waals surface area contributed by atoms with Crippen LogP contribution in [0, 0.1) is 0 Å². The number of halogens is 4. The molecule has 4 aromatic rings. The standard InChI is InChI=1S/C31H25F4N5O3/c1-16(32)30(43)39-14-22(15-39)40-27-24(28(36)41)13-12-23(17-2-4-19(5-3-17)29(42)37-21-10-11-21)25(27)26(38-40)18-6-8-20(9-7-18)31(33,34)35/h2-9,12-13,21-22H,1,10-11,14-15H2,(H2,36,41)(H,37,42). The second-order valence-corrected chi connectivity index (χ2v) is 10.7. The van der Waals surface area contributed by atoms with E-state index in [9.17, 15) is 31.9 Å². The number of primary amides is 1. The maximum absolute atomic E-state index is 13.5. The molecule has 0 bridgehead atoms. The van der Waals surface area contributed by atoms with Gasteiger partial charge >= 0.3 is 6.18 Å². The lowest BCUT2D eigenvalue weighted by Crippen LogP contribution is -2.51. The molecular formula is C31H25F4N5O3. The predicted molar refractivity (Wildman–Crippen MR) is 150 cm³/mol. The molecular weight excluding hydrogens is 566 g/mol. The third kappa shape index (κ3) is 5.24. The number of aromatic nitrogens is 2. The van der Waals surface area contributed by atoms with Crippen LogP contribution in [0.3, 0.4) is 0 Å². The first kappa shape index (κ1) is 28.1. The molecule has 12 heteroatoms. The molecule has 43 heavy (non-hydrogen) atoms. The van der Waals surface area contributed by atoms with E-state index < -0.39 is 35.4 Å². The number of amides is 3. The SMILES string of the molecule is C=C(F)C(=O)N1CC(n2nc(-c3ccc(C(F)(F)F)cc3)c3c(-c4ccc(C(=O)NC5CC5)cc4)ccc(C(N)=O)c32)C1. The summed E-state index contributed by atoms with van der Waals surface area (Å²) in [7, 11) is 0.